The fraction of sp³-hybridized carbons (Fsp3) is 0.0769. The van der Waals surface area contributed by atoms with Gasteiger partial charge in [0.05, 0.1) is 10.7 Å². The number of hydrogen-bond donors (Lipinski definition) is 2. The van der Waals surface area contributed by atoms with Crippen LogP contribution in [0.1, 0.15) is 5.56 Å². The van der Waals surface area contributed by atoms with Crippen molar-refractivity contribution in [2.45, 2.75) is 11.4 Å². The molecule has 0 aliphatic rings. The van der Waals surface area contributed by atoms with Crippen LogP contribution in [0.5, 0.6) is 0 Å². The summed E-state index contributed by atoms with van der Waals surface area (Å²) in [5.41, 5.74) is 6.52. The lowest BCUT2D eigenvalue weighted by molar-refractivity contribution is 0.582. The molecule has 0 unspecified atom stereocenters. The zero-order valence-electron chi connectivity index (χ0n) is 10.6. The van der Waals surface area contributed by atoms with Crippen LogP contribution in [-0.2, 0) is 16.6 Å². The molecule has 4 nitrogen and oxygen atoms in total. The maximum atomic E-state index is 12.3. The first-order valence-corrected chi connectivity index (χ1v) is 8.81. The highest BCUT2D eigenvalue weighted by Crippen LogP contribution is 2.31. The molecule has 0 aliphatic carbocycles. The molecule has 112 valence electrons. The molecule has 0 heterocycles. The van der Waals surface area contributed by atoms with Crippen molar-refractivity contribution in [3.63, 3.8) is 0 Å². The molecule has 0 amide bonds. The van der Waals surface area contributed by atoms with Gasteiger partial charge in [0.2, 0.25) is 10.0 Å². The van der Waals surface area contributed by atoms with Crippen molar-refractivity contribution in [3.05, 3.63) is 56.5 Å². The molecule has 0 radical (unpaired) electrons. The number of benzene rings is 2. The molecule has 21 heavy (non-hydrogen) atoms. The summed E-state index contributed by atoms with van der Waals surface area (Å²) in [5.74, 6) is 0. The van der Waals surface area contributed by atoms with Gasteiger partial charge in [0.15, 0.2) is 0 Å². The fourth-order valence-electron chi connectivity index (χ4n) is 1.72. The van der Waals surface area contributed by atoms with Gasteiger partial charge in [-0.2, -0.15) is 0 Å². The lowest BCUT2D eigenvalue weighted by Gasteiger charge is -2.11. The Bertz CT molecular complexity index is 741. The maximum Gasteiger partial charge on any atom is 0.244 e. The lowest BCUT2D eigenvalue weighted by atomic mass is 10.2. The number of anilines is 1. The summed E-state index contributed by atoms with van der Waals surface area (Å²) in [5, 5.41) is 0.271. The van der Waals surface area contributed by atoms with Crippen LogP contribution in [0.2, 0.25) is 10.0 Å². The summed E-state index contributed by atoms with van der Waals surface area (Å²) in [6.07, 6.45) is 0. The third-order valence-electron chi connectivity index (χ3n) is 2.69. The fourth-order valence-corrected chi connectivity index (χ4v) is 3.98. The van der Waals surface area contributed by atoms with Crippen molar-refractivity contribution in [2.75, 3.05) is 5.73 Å². The maximum absolute atomic E-state index is 12.3. The molecule has 2 rings (SSSR count). The standard InChI is InChI=1S/C13H11BrCl2N2O2S/c14-9-3-1-8(2-4-9)7-18-21(19,20)13-11(16)5-10(15)6-12(13)17/h1-6,18H,7,17H2. The second-order valence-electron chi connectivity index (χ2n) is 4.26. The molecule has 0 fully saturated rings. The van der Waals surface area contributed by atoms with E-state index in [4.69, 9.17) is 28.9 Å². The molecule has 0 atom stereocenters. The van der Waals surface area contributed by atoms with Gasteiger partial charge in [0.1, 0.15) is 4.90 Å². The minimum Gasteiger partial charge on any atom is -0.398 e. The van der Waals surface area contributed by atoms with E-state index < -0.39 is 10.0 Å². The molecule has 2 aromatic rings. The molecule has 0 aromatic heterocycles. The van der Waals surface area contributed by atoms with E-state index in [1.54, 1.807) is 12.1 Å². The summed E-state index contributed by atoms with van der Waals surface area (Å²) < 4.78 is 28.0. The van der Waals surface area contributed by atoms with E-state index in [9.17, 15) is 8.42 Å². The first-order chi connectivity index (χ1) is 9.79. The van der Waals surface area contributed by atoms with E-state index in [1.165, 1.54) is 12.1 Å². The number of nitrogen functional groups attached to an aromatic ring is 1. The van der Waals surface area contributed by atoms with E-state index in [1.807, 2.05) is 12.1 Å². The van der Waals surface area contributed by atoms with Crippen molar-refractivity contribution in [1.82, 2.24) is 4.72 Å². The molecule has 3 N–H and O–H groups in total. The molecular formula is C13H11BrCl2N2O2S. The number of hydrogen-bond acceptors (Lipinski definition) is 3. The van der Waals surface area contributed by atoms with Gasteiger partial charge >= 0.3 is 0 Å². The van der Waals surface area contributed by atoms with Crippen LogP contribution in [-0.4, -0.2) is 8.42 Å². The van der Waals surface area contributed by atoms with Gasteiger partial charge in [-0.3, -0.25) is 0 Å². The van der Waals surface area contributed by atoms with Crippen LogP contribution in [0.25, 0.3) is 0 Å². The quantitative estimate of drug-likeness (QED) is 0.754. The van der Waals surface area contributed by atoms with Crippen LogP contribution in [0.4, 0.5) is 5.69 Å². The highest BCUT2D eigenvalue weighted by molar-refractivity contribution is 9.10. The van der Waals surface area contributed by atoms with Crippen LogP contribution in [0, 0.1) is 0 Å². The van der Waals surface area contributed by atoms with Crippen LogP contribution < -0.4 is 10.5 Å². The Labute approximate surface area is 141 Å². The molecule has 0 saturated heterocycles. The Hall–Kier alpha value is -0.790. The van der Waals surface area contributed by atoms with E-state index in [-0.39, 0.29) is 27.2 Å². The second kappa shape index (κ2) is 6.54. The molecule has 8 heteroatoms. The average Bonchev–Trinajstić information content (AvgIpc) is 2.36. The van der Waals surface area contributed by atoms with Crippen molar-refractivity contribution >= 4 is 54.8 Å². The number of nitrogens with one attached hydrogen (secondary N) is 1. The summed E-state index contributed by atoms with van der Waals surface area (Å²) >= 11 is 15.0. The summed E-state index contributed by atoms with van der Waals surface area (Å²) in [4.78, 5) is -0.161. The predicted molar refractivity (Wildman–Crippen MR) is 89.0 cm³/mol. The topological polar surface area (TPSA) is 72.2 Å². The van der Waals surface area contributed by atoms with Crippen molar-refractivity contribution in [2.24, 2.45) is 0 Å². The van der Waals surface area contributed by atoms with E-state index >= 15 is 0 Å². The van der Waals surface area contributed by atoms with E-state index in [0.29, 0.717) is 0 Å². The highest BCUT2D eigenvalue weighted by atomic mass is 79.9. The minimum absolute atomic E-state index is 0.0100. The third-order valence-corrected chi connectivity index (χ3v) is 5.36. The van der Waals surface area contributed by atoms with Crippen LogP contribution in [0.15, 0.2) is 45.8 Å². The molecule has 0 spiro atoms. The number of halogens is 3. The van der Waals surface area contributed by atoms with Gasteiger partial charge in [-0.1, -0.05) is 51.3 Å². The van der Waals surface area contributed by atoms with Gasteiger partial charge in [0, 0.05) is 16.0 Å². The zero-order chi connectivity index (χ0) is 15.6. The molecular weight excluding hydrogens is 399 g/mol. The first-order valence-electron chi connectivity index (χ1n) is 5.78. The third kappa shape index (κ3) is 4.11. The van der Waals surface area contributed by atoms with Crippen LogP contribution >= 0.6 is 39.1 Å². The summed E-state index contributed by atoms with van der Waals surface area (Å²) in [6.45, 7) is 0.133. The van der Waals surface area contributed by atoms with Crippen LogP contribution in [0.3, 0.4) is 0 Å². The Morgan fingerprint density at radius 1 is 1.14 bits per heavy atom. The van der Waals surface area contributed by atoms with Gasteiger partial charge in [-0.15, -0.1) is 0 Å². The predicted octanol–water partition coefficient (Wildman–Crippen LogP) is 3.82. The SMILES string of the molecule is Nc1cc(Cl)cc(Cl)c1S(=O)(=O)NCc1ccc(Br)cc1. The normalized spacial score (nSPS) is 11.6. The first kappa shape index (κ1) is 16.6. The molecule has 0 saturated carbocycles. The van der Waals surface area contributed by atoms with E-state index in [0.717, 1.165) is 10.0 Å². The van der Waals surface area contributed by atoms with Crippen molar-refractivity contribution in [3.8, 4) is 0 Å². The summed E-state index contributed by atoms with van der Waals surface area (Å²) in [6, 6.07) is 9.95. The Morgan fingerprint density at radius 3 is 2.33 bits per heavy atom. The van der Waals surface area contributed by atoms with E-state index in [2.05, 4.69) is 20.7 Å². The van der Waals surface area contributed by atoms with Crippen molar-refractivity contribution in [1.29, 1.82) is 0 Å². The van der Waals surface area contributed by atoms with Gasteiger partial charge < -0.3 is 5.73 Å². The average molecular weight is 410 g/mol. The Kier molecular flexibility index (Phi) is 5.16. The zero-order valence-corrected chi connectivity index (χ0v) is 14.5. The monoisotopic (exact) mass is 408 g/mol. The highest BCUT2D eigenvalue weighted by Gasteiger charge is 2.21. The molecule has 2 aromatic carbocycles. The second-order valence-corrected chi connectivity index (χ2v) is 7.72. The largest absolute Gasteiger partial charge is 0.398 e. The Balaban J connectivity index is 2.25. The van der Waals surface area contributed by atoms with Gasteiger partial charge in [-0.25, -0.2) is 13.1 Å². The number of nitrogens with two attached hydrogens (primary N) is 1. The summed E-state index contributed by atoms with van der Waals surface area (Å²) in [7, 11) is -3.82. The Morgan fingerprint density at radius 2 is 1.76 bits per heavy atom. The molecule has 0 aliphatic heterocycles. The van der Waals surface area contributed by atoms with Crippen molar-refractivity contribution < 1.29 is 8.42 Å². The van der Waals surface area contributed by atoms with Gasteiger partial charge in [-0.05, 0) is 29.8 Å². The smallest absolute Gasteiger partial charge is 0.244 e. The van der Waals surface area contributed by atoms with Gasteiger partial charge in [0.25, 0.3) is 0 Å². The molecule has 0 bridgehead atoms. The number of rotatable bonds is 4. The lowest BCUT2D eigenvalue weighted by Crippen LogP contribution is -2.24. The number of sulfonamides is 1. The minimum atomic E-state index is -3.82.